The highest BCUT2D eigenvalue weighted by atomic mass is 35.5. The van der Waals surface area contributed by atoms with Crippen LogP contribution in [0.1, 0.15) is 31.2 Å². The molecule has 6 nitrogen and oxygen atoms in total. The molecule has 2 atom stereocenters. The quantitative estimate of drug-likeness (QED) is 0.763. The first-order chi connectivity index (χ1) is 12.4. The van der Waals surface area contributed by atoms with Gasteiger partial charge in [-0.15, -0.1) is 12.4 Å². The summed E-state index contributed by atoms with van der Waals surface area (Å²) in [4.78, 5) is 11.8. The molecule has 0 radical (unpaired) electrons. The number of sulfonamides is 1. The number of aryl methyl sites for hydroxylation is 1. The predicted octanol–water partition coefficient (Wildman–Crippen LogP) is 1.82. The molecular weight excluding hydrogens is 393 g/mol. The van der Waals surface area contributed by atoms with Crippen LogP contribution in [0, 0.1) is 18.7 Å². The lowest BCUT2D eigenvalue weighted by molar-refractivity contribution is -0.123. The van der Waals surface area contributed by atoms with Crippen molar-refractivity contribution in [3.8, 4) is 0 Å². The molecule has 27 heavy (non-hydrogen) atoms. The molecule has 0 aliphatic carbocycles. The minimum Gasteiger partial charge on any atom is -0.354 e. The summed E-state index contributed by atoms with van der Waals surface area (Å²) in [6.45, 7) is 3.54. The first-order valence-corrected chi connectivity index (χ1v) is 10.6. The zero-order valence-corrected chi connectivity index (χ0v) is 17.0. The molecule has 152 valence electrons. The third-order valence-corrected chi connectivity index (χ3v) is 7.08. The van der Waals surface area contributed by atoms with Gasteiger partial charge in [0.25, 0.3) is 0 Å². The average Bonchev–Trinajstić information content (AvgIpc) is 3.17. The molecule has 9 heteroatoms. The second kappa shape index (κ2) is 9.32. The molecule has 2 aliphatic rings. The Bertz CT molecular complexity index is 769. The summed E-state index contributed by atoms with van der Waals surface area (Å²) in [6.07, 6.45) is 3.38. The van der Waals surface area contributed by atoms with Crippen LogP contribution in [0.3, 0.4) is 0 Å². The molecular formula is C18H27ClFN3O3S. The average molecular weight is 420 g/mol. The van der Waals surface area contributed by atoms with Crippen LogP contribution >= 0.6 is 12.4 Å². The van der Waals surface area contributed by atoms with Gasteiger partial charge in [0.1, 0.15) is 10.7 Å². The Hall–Kier alpha value is -1.22. The minimum atomic E-state index is -3.87. The Morgan fingerprint density at radius 1 is 1.33 bits per heavy atom. The highest BCUT2D eigenvalue weighted by Gasteiger charge is 2.33. The monoisotopic (exact) mass is 419 g/mol. The standard InChI is InChI=1S/C18H26FN3O3S.ClH/c1-13-5-2-8-16(17(13)19)26(24,25)22-10-4-6-14(12-22)11-21-18(23)15-7-3-9-20-15;/h2,5,8,14-15,20H,3-4,6-7,9-12H2,1H3,(H,21,23);1H. The van der Waals surface area contributed by atoms with Crippen LogP contribution in [0.4, 0.5) is 4.39 Å². The number of carbonyl (C=O) groups excluding carboxylic acids is 1. The van der Waals surface area contributed by atoms with Gasteiger partial charge in [0, 0.05) is 19.6 Å². The van der Waals surface area contributed by atoms with E-state index < -0.39 is 15.8 Å². The van der Waals surface area contributed by atoms with Crippen molar-refractivity contribution in [1.82, 2.24) is 14.9 Å². The lowest BCUT2D eigenvalue weighted by atomic mass is 9.99. The molecule has 2 heterocycles. The number of halogens is 2. The van der Waals surface area contributed by atoms with E-state index in [1.807, 2.05) is 0 Å². The highest BCUT2D eigenvalue weighted by molar-refractivity contribution is 7.89. The van der Waals surface area contributed by atoms with Crippen LogP contribution in [0.5, 0.6) is 0 Å². The SMILES string of the molecule is Cc1cccc(S(=O)(=O)N2CCCC(CNC(=O)C3CCCN3)C2)c1F.Cl. The van der Waals surface area contributed by atoms with Crippen molar-refractivity contribution in [3.63, 3.8) is 0 Å². The van der Waals surface area contributed by atoms with Crippen molar-refractivity contribution < 1.29 is 17.6 Å². The van der Waals surface area contributed by atoms with E-state index in [9.17, 15) is 17.6 Å². The molecule has 2 unspecified atom stereocenters. The zero-order valence-electron chi connectivity index (χ0n) is 15.4. The molecule has 2 N–H and O–H groups in total. The first-order valence-electron chi connectivity index (χ1n) is 9.16. The number of nitrogens with zero attached hydrogens (tertiary/aromatic N) is 1. The van der Waals surface area contributed by atoms with Gasteiger partial charge in [-0.1, -0.05) is 12.1 Å². The van der Waals surface area contributed by atoms with Crippen LogP contribution in [-0.4, -0.2) is 50.9 Å². The van der Waals surface area contributed by atoms with E-state index in [2.05, 4.69) is 10.6 Å². The Balaban J connectivity index is 0.00000261. The largest absolute Gasteiger partial charge is 0.354 e. The lowest BCUT2D eigenvalue weighted by Gasteiger charge is -2.32. The molecule has 0 saturated carbocycles. The van der Waals surface area contributed by atoms with E-state index >= 15 is 0 Å². The van der Waals surface area contributed by atoms with Gasteiger partial charge in [0.15, 0.2) is 0 Å². The zero-order chi connectivity index (χ0) is 18.7. The fraction of sp³-hybridized carbons (Fsp3) is 0.611. The van der Waals surface area contributed by atoms with E-state index in [1.165, 1.54) is 10.4 Å². The second-order valence-corrected chi connectivity index (χ2v) is 9.06. The smallest absolute Gasteiger partial charge is 0.246 e. The number of hydrogen-bond donors (Lipinski definition) is 2. The molecule has 0 bridgehead atoms. The minimum absolute atomic E-state index is 0. The van der Waals surface area contributed by atoms with Crippen molar-refractivity contribution in [1.29, 1.82) is 0 Å². The maximum atomic E-state index is 14.3. The van der Waals surface area contributed by atoms with Gasteiger partial charge in [-0.25, -0.2) is 12.8 Å². The normalized spacial score (nSPS) is 23.6. The number of hydrogen-bond acceptors (Lipinski definition) is 4. The molecule has 3 rings (SSSR count). The van der Waals surface area contributed by atoms with E-state index in [-0.39, 0.29) is 35.2 Å². The van der Waals surface area contributed by atoms with E-state index in [0.29, 0.717) is 31.6 Å². The third-order valence-electron chi connectivity index (χ3n) is 5.20. The topological polar surface area (TPSA) is 78.5 Å². The van der Waals surface area contributed by atoms with Crippen molar-refractivity contribution in [2.45, 2.75) is 43.5 Å². The number of carbonyl (C=O) groups is 1. The number of amides is 1. The first kappa shape index (κ1) is 22.1. The summed E-state index contributed by atoms with van der Waals surface area (Å²) in [6, 6.07) is 4.29. The summed E-state index contributed by atoms with van der Waals surface area (Å²) >= 11 is 0. The fourth-order valence-corrected chi connectivity index (χ4v) is 5.34. The van der Waals surface area contributed by atoms with Gasteiger partial charge in [-0.2, -0.15) is 4.31 Å². The van der Waals surface area contributed by atoms with Crippen molar-refractivity contribution in [3.05, 3.63) is 29.6 Å². The van der Waals surface area contributed by atoms with Gasteiger partial charge in [-0.3, -0.25) is 4.79 Å². The van der Waals surface area contributed by atoms with Crippen LogP contribution in [-0.2, 0) is 14.8 Å². The lowest BCUT2D eigenvalue weighted by Crippen LogP contribution is -2.46. The fourth-order valence-electron chi connectivity index (χ4n) is 3.65. The molecule has 2 aliphatic heterocycles. The van der Waals surface area contributed by atoms with Gasteiger partial charge >= 0.3 is 0 Å². The number of nitrogens with one attached hydrogen (secondary N) is 2. The molecule has 0 aromatic heterocycles. The maximum Gasteiger partial charge on any atom is 0.246 e. The molecule has 1 amide bonds. The summed E-state index contributed by atoms with van der Waals surface area (Å²) in [7, 11) is -3.87. The van der Waals surface area contributed by atoms with E-state index in [0.717, 1.165) is 25.8 Å². The predicted molar refractivity (Wildman–Crippen MR) is 104 cm³/mol. The van der Waals surface area contributed by atoms with Crippen LogP contribution in [0.15, 0.2) is 23.1 Å². The van der Waals surface area contributed by atoms with Crippen molar-refractivity contribution >= 4 is 28.3 Å². The van der Waals surface area contributed by atoms with E-state index in [4.69, 9.17) is 0 Å². The van der Waals surface area contributed by atoms with E-state index in [1.54, 1.807) is 19.1 Å². The molecule has 2 saturated heterocycles. The van der Waals surface area contributed by atoms with Crippen LogP contribution < -0.4 is 10.6 Å². The maximum absolute atomic E-state index is 14.3. The number of rotatable bonds is 5. The summed E-state index contributed by atoms with van der Waals surface area (Å²) in [5.74, 6) is -0.667. The summed E-state index contributed by atoms with van der Waals surface area (Å²) in [5, 5.41) is 6.08. The Kier molecular flexibility index (Phi) is 7.62. The van der Waals surface area contributed by atoms with Crippen molar-refractivity contribution in [2.24, 2.45) is 5.92 Å². The van der Waals surface area contributed by atoms with Gasteiger partial charge < -0.3 is 10.6 Å². The third kappa shape index (κ3) is 4.99. The van der Waals surface area contributed by atoms with Crippen molar-refractivity contribution in [2.75, 3.05) is 26.2 Å². The Morgan fingerprint density at radius 2 is 2.11 bits per heavy atom. The summed E-state index contributed by atoms with van der Waals surface area (Å²) < 4.78 is 41.3. The summed E-state index contributed by atoms with van der Waals surface area (Å²) in [5.41, 5.74) is 0.316. The second-order valence-electron chi connectivity index (χ2n) is 7.15. The highest BCUT2D eigenvalue weighted by Crippen LogP contribution is 2.26. The Morgan fingerprint density at radius 3 is 2.81 bits per heavy atom. The molecule has 2 fully saturated rings. The molecule has 1 aromatic rings. The Labute approximate surface area is 166 Å². The van der Waals surface area contributed by atoms with Gasteiger partial charge in [0.2, 0.25) is 15.9 Å². The number of piperidine rings is 1. The molecule has 1 aromatic carbocycles. The van der Waals surface area contributed by atoms with Gasteiger partial charge in [0.05, 0.1) is 6.04 Å². The van der Waals surface area contributed by atoms with Gasteiger partial charge in [-0.05, 0) is 56.7 Å². The number of benzene rings is 1. The van der Waals surface area contributed by atoms with Crippen LogP contribution in [0.25, 0.3) is 0 Å². The molecule has 0 spiro atoms. The van der Waals surface area contributed by atoms with Crippen LogP contribution in [0.2, 0.25) is 0 Å².